The highest BCUT2D eigenvalue weighted by Gasteiger charge is 2.35. The lowest BCUT2D eigenvalue weighted by Gasteiger charge is -2.24. The molecule has 2 atom stereocenters. The van der Waals surface area contributed by atoms with Crippen molar-refractivity contribution in [3.8, 4) is 0 Å². The van der Waals surface area contributed by atoms with Crippen molar-refractivity contribution < 1.29 is 4.74 Å². The summed E-state index contributed by atoms with van der Waals surface area (Å²) in [6.45, 7) is 4.93. The van der Waals surface area contributed by atoms with Crippen LogP contribution in [0.15, 0.2) is 22.9 Å². The predicted molar refractivity (Wildman–Crippen MR) is 85.5 cm³/mol. The Bertz CT molecular complexity index is 623. The average molecular weight is 351 g/mol. The second-order valence-electron chi connectivity index (χ2n) is 5.46. The number of rotatable bonds is 3. The molecule has 1 aliphatic rings. The highest BCUT2D eigenvalue weighted by Crippen LogP contribution is 2.36. The van der Waals surface area contributed by atoms with Crippen molar-refractivity contribution in [3.05, 3.63) is 40.1 Å². The fourth-order valence-electron chi connectivity index (χ4n) is 2.80. The zero-order chi connectivity index (χ0) is 15.0. The zero-order valence-corrected chi connectivity index (χ0v) is 14.0. The summed E-state index contributed by atoms with van der Waals surface area (Å²) in [5, 5.41) is 0. The molecule has 1 N–H and O–H groups in total. The summed E-state index contributed by atoms with van der Waals surface area (Å²) in [6, 6.07) is 2.28. The molecule has 0 saturated carbocycles. The Labute approximate surface area is 132 Å². The summed E-state index contributed by atoms with van der Waals surface area (Å²) >= 11 is 3.49. The minimum absolute atomic E-state index is 0.193. The Morgan fingerprint density at radius 1 is 1.38 bits per heavy atom. The zero-order valence-electron chi connectivity index (χ0n) is 12.4. The Balaban J connectivity index is 1.96. The fraction of sp³-hybridized carbons (Fsp3) is 0.467. The topological polar surface area (TPSA) is 54.0 Å². The molecule has 0 amide bonds. The summed E-state index contributed by atoms with van der Waals surface area (Å²) in [4.78, 5) is 14.7. The van der Waals surface area contributed by atoms with Gasteiger partial charge >= 0.3 is 0 Å². The smallest absolute Gasteiger partial charge is 0.129 e. The minimum Gasteiger partial charge on any atom is -0.380 e. The Kier molecular flexibility index (Phi) is 3.99. The second kappa shape index (κ2) is 5.77. The van der Waals surface area contributed by atoms with Gasteiger partial charge in [-0.2, -0.15) is 0 Å². The van der Waals surface area contributed by atoms with Gasteiger partial charge in [0.1, 0.15) is 5.82 Å². The largest absolute Gasteiger partial charge is 0.380 e. The number of halogens is 1. The first-order valence-corrected chi connectivity index (χ1v) is 7.81. The molecule has 0 radical (unpaired) electrons. The third-order valence-electron chi connectivity index (χ3n) is 4.08. The van der Waals surface area contributed by atoms with Crippen molar-refractivity contribution in [2.75, 3.05) is 18.6 Å². The van der Waals surface area contributed by atoms with E-state index >= 15 is 0 Å². The van der Waals surface area contributed by atoms with Crippen LogP contribution in [0, 0.1) is 13.8 Å². The van der Waals surface area contributed by atoms with Crippen LogP contribution in [0.25, 0.3) is 0 Å². The molecule has 5 nitrogen and oxygen atoms in total. The molecular weight excluding hydrogens is 332 g/mol. The third kappa shape index (κ3) is 2.82. The van der Waals surface area contributed by atoms with E-state index in [2.05, 4.69) is 48.8 Å². The maximum atomic E-state index is 5.57. The van der Waals surface area contributed by atoms with Gasteiger partial charge in [0.05, 0.1) is 29.7 Å². The fourth-order valence-corrected chi connectivity index (χ4v) is 3.16. The molecule has 1 aliphatic heterocycles. The molecule has 0 spiro atoms. The van der Waals surface area contributed by atoms with Crippen molar-refractivity contribution in [3.63, 3.8) is 0 Å². The number of nitrogens with zero attached hydrogens (tertiary/aromatic N) is 3. The van der Waals surface area contributed by atoms with Crippen molar-refractivity contribution >= 4 is 21.6 Å². The average Bonchev–Trinajstić information content (AvgIpc) is 3.03. The van der Waals surface area contributed by atoms with Crippen LogP contribution >= 0.6 is 15.9 Å². The van der Waals surface area contributed by atoms with Gasteiger partial charge in [0, 0.05) is 36.4 Å². The van der Waals surface area contributed by atoms with Gasteiger partial charge in [0.2, 0.25) is 0 Å². The van der Waals surface area contributed by atoms with E-state index in [1.165, 1.54) is 0 Å². The number of hydrogen-bond donors (Lipinski definition) is 1. The lowest BCUT2D eigenvalue weighted by molar-refractivity contribution is 0.118. The van der Waals surface area contributed by atoms with Gasteiger partial charge in [-0.05, 0) is 35.8 Å². The van der Waals surface area contributed by atoms with Gasteiger partial charge in [-0.1, -0.05) is 0 Å². The Morgan fingerprint density at radius 3 is 2.81 bits per heavy atom. The molecule has 0 bridgehead atoms. The van der Waals surface area contributed by atoms with E-state index in [0.717, 1.165) is 40.3 Å². The van der Waals surface area contributed by atoms with E-state index in [-0.39, 0.29) is 12.1 Å². The quantitative estimate of drug-likeness (QED) is 0.923. The predicted octanol–water partition coefficient (Wildman–Crippen LogP) is 3.15. The minimum atomic E-state index is 0.193. The summed E-state index contributed by atoms with van der Waals surface area (Å²) in [5.74, 6) is 1.00. The molecule has 21 heavy (non-hydrogen) atoms. The van der Waals surface area contributed by atoms with Gasteiger partial charge in [-0.15, -0.1) is 0 Å². The number of imidazole rings is 1. The monoisotopic (exact) mass is 350 g/mol. The lowest BCUT2D eigenvalue weighted by Crippen LogP contribution is -2.25. The standard InChI is InChI=1S/C15H19BrN4O/c1-9-10(2)19-15(18-9)14-5-13(21-3)8-20(14)12-4-11(16)6-17-7-12/h4,6-7,13-14H,5,8H2,1-3H3,(H,18,19)/t13-,14+/m1/s1. The van der Waals surface area contributed by atoms with Crippen molar-refractivity contribution in [1.82, 2.24) is 15.0 Å². The van der Waals surface area contributed by atoms with E-state index in [9.17, 15) is 0 Å². The number of H-pyrrole nitrogens is 1. The number of anilines is 1. The molecule has 0 unspecified atom stereocenters. The van der Waals surface area contributed by atoms with E-state index in [0.29, 0.717) is 0 Å². The van der Waals surface area contributed by atoms with Gasteiger partial charge in [0.25, 0.3) is 0 Å². The number of aromatic nitrogens is 3. The van der Waals surface area contributed by atoms with Gasteiger partial charge in [-0.3, -0.25) is 4.98 Å². The third-order valence-corrected chi connectivity index (χ3v) is 4.51. The molecule has 1 saturated heterocycles. The number of methoxy groups -OCH3 is 1. The van der Waals surface area contributed by atoms with Crippen molar-refractivity contribution in [2.45, 2.75) is 32.4 Å². The molecule has 1 fully saturated rings. The first kappa shape index (κ1) is 14.5. The molecule has 2 aromatic rings. The SMILES string of the molecule is CO[C@@H]1C[C@@H](c2nc(C)c(C)[nH]2)N(c2cncc(Br)c2)C1. The first-order valence-electron chi connectivity index (χ1n) is 7.01. The van der Waals surface area contributed by atoms with Crippen LogP contribution in [0.3, 0.4) is 0 Å². The van der Waals surface area contributed by atoms with Crippen LogP contribution in [-0.4, -0.2) is 34.7 Å². The number of ether oxygens (including phenoxy) is 1. The lowest BCUT2D eigenvalue weighted by atomic mass is 10.2. The maximum Gasteiger partial charge on any atom is 0.129 e. The van der Waals surface area contributed by atoms with E-state index in [1.807, 2.05) is 13.1 Å². The van der Waals surface area contributed by atoms with Crippen LogP contribution in [-0.2, 0) is 4.74 Å². The maximum absolute atomic E-state index is 5.57. The van der Waals surface area contributed by atoms with Crippen LogP contribution in [0.1, 0.15) is 29.7 Å². The van der Waals surface area contributed by atoms with Crippen LogP contribution in [0.2, 0.25) is 0 Å². The molecule has 112 valence electrons. The summed E-state index contributed by atoms with van der Waals surface area (Å²) in [5.41, 5.74) is 3.26. The summed E-state index contributed by atoms with van der Waals surface area (Å²) < 4.78 is 6.54. The van der Waals surface area contributed by atoms with E-state index in [4.69, 9.17) is 4.74 Å². The van der Waals surface area contributed by atoms with Gasteiger partial charge < -0.3 is 14.6 Å². The van der Waals surface area contributed by atoms with Crippen molar-refractivity contribution in [1.29, 1.82) is 0 Å². The van der Waals surface area contributed by atoms with Crippen LogP contribution < -0.4 is 4.90 Å². The van der Waals surface area contributed by atoms with Gasteiger partial charge in [-0.25, -0.2) is 4.98 Å². The van der Waals surface area contributed by atoms with Gasteiger partial charge in [0.15, 0.2) is 0 Å². The number of hydrogen-bond acceptors (Lipinski definition) is 4. The molecule has 3 rings (SSSR count). The van der Waals surface area contributed by atoms with Crippen molar-refractivity contribution in [2.24, 2.45) is 0 Å². The second-order valence-corrected chi connectivity index (χ2v) is 6.37. The Morgan fingerprint density at radius 2 is 2.19 bits per heavy atom. The summed E-state index contributed by atoms with van der Waals surface area (Å²) in [6.07, 6.45) is 4.82. The molecule has 3 heterocycles. The number of aryl methyl sites for hydroxylation is 2. The highest BCUT2D eigenvalue weighted by molar-refractivity contribution is 9.10. The molecule has 6 heteroatoms. The molecule has 2 aromatic heterocycles. The first-order chi connectivity index (χ1) is 10.1. The number of pyridine rings is 1. The molecule has 0 aromatic carbocycles. The highest BCUT2D eigenvalue weighted by atomic mass is 79.9. The number of aromatic amines is 1. The molecule has 0 aliphatic carbocycles. The van der Waals surface area contributed by atoms with E-state index in [1.54, 1.807) is 13.3 Å². The summed E-state index contributed by atoms with van der Waals surface area (Å²) in [7, 11) is 1.77. The molecular formula is C15H19BrN4O. The Hall–Kier alpha value is -1.40. The van der Waals surface area contributed by atoms with Crippen LogP contribution in [0.5, 0.6) is 0 Å². The van der Waals surface area contributed by atoms with E-state index < -0.39 is 0 Å². The van der Waals surface area contributed by atoms with Crippen LogP contribution in [0.4, 0.5) is 5.69 Å². The normalized spacial score (nSPS) is 22.0. The number of nitrogens with one attached hydrogen (secondary N) is 1.